The maximum atomic E-state index is 12.5. The lowest BCUT2D eigenvalue weighted by atomic mass is 9.93. The summed E-state index contributed by atoms with van der Waals surface area (Å²) in [5.74, 6) is 0.535. The van der Waals surface area contributed by atoms with Crippen molar-refractivity contribution in [3.05, 3.63) is 59.9 Å². The summed E-state index contributed by atoms with van der Waals surface area (Å²) in [5.41, 5.74) is 8.17. The number of nitrogens with zero attached hydrogens (tertiary/aromatic N) is 3. The van der Waals surface area contributed by atoms with Crippen LogP contribution in [0.2, 0.25) is 0 Å². The van der Waals surface area contributed by atoms with Crippen molar-refractivity contribution in [3.63, 3.8) is 0 Å². The minimum atomic E-state index is -0.417. The molecule has 2 aliphatic rings. The van der Waals surface area contributed by atoms with Crippen molar-refractivity contribution in [2.45, 2.75) is 18.5 Å². The van der Waals surface area contributed by atoms with Crippen LogP contribution in [0.25, 0.3) is 0 Å². The second-order valence-corrected chi connectivity index (χ2v) is 6.21. The van der Waals surface area contributed by atoms with Gasteiger partial charge in [0, 0.05) is 43.4 Å². The lowest BCUT2D eigenvalue weighted by Gasteiger charge is -2.42. The monoisotopic (exact) mass is 357 g/mol. The van der Waals surface area contributed by atoms with Crippen LogP contribution in [0.1, 0.15) is 28.9 Å². The number of nitrogens with one attached hydrogen (secondary N) is 1. The molecular formula is C18H20ClN5O. The maximum Gasteiger partial charge on any atom is 0.272 e. The summed E-state index contributed by atoms with van der Waals surface area (Å²) < 4.78 is 0. The number of carbonyl (C=O) groups is 1. The molecule has 1 saturated heterocycles. The van der Waals surface area contributed by atoms with Crippen LogP contribution in [0.15, 0.2) is 53.7 Å². The number of halogens is 1. The summed E-state index contributed by atoms with van der Waals surface area (Å²) >= 11 is 0. The predicted molar refractivity (Wildman–Crippen MR) is 100 cm³/mol. The van der Waals surface area contributed by atoms with Crippen molar-refractivity contribution >= 4 is 29.8 Å². The number of hydrogen-bond acceptors (Lipinski definition) is 5. The summed E-state index contributed by atoms with van der Waals surface area (Å²) in [6, 6.07) is 13.3. The van der Waals surface area contributed by atoms with Gasteiger partial charge in [-0.3, -0.25) is 9.78 Å². The molecule has 1 spiro atoms. The molecule has 3 heterocycles. The Kier molecular flexibility index (Phi) is 4.63. The number of aromatic nitrogens is 1. The fraction of sp³-hybridized carbons (Fsp3) is 0.278. The van der Waals surface area contributed by atoms with Crippen molar-refractivity contribution < 1.29 is 4.79 Å². The number of piperidine rings is 1. The van der Waals surface area contributed by atoms with Gasteiger partial charge in [0.1, 0.15) is 17.2 Å². The van der Waals surface area contributed by atoms with Crippen LogP contribution in [-0.4, -0.2) is 40.4 Å². The number of likely N-dealkylation sites (tertiary alicyclic amines) is 1. The van der Waals surface area contributed by atoms with Gasteiger partial charge in [-0.2, -0.15) is 0 Å². The highest BCUT2D eigenvalue weighted by atomic mass is 35.5. The van der Waals surface area contributed by atoms with Crippen molar-refractivity contribution in [2.24, 2.45) is 10.7 Å². The van der Waals surface area contributed by atoms with E-state index in [0.717, 1.165) is 24.1 Å². The average Bonchev–Trinajstić information content (AvgIpc) is 2.62. The number of para-hydroxylation sites is 1. The van der Waals surface area contributed by atoms with Crippen LogP contribution < -0.4 is 11.1 Å². The molecule has 0 saturated carbocycles. The fourth-order valence-electron chi connectivity index (χ4n) is 3.35. The van der Waals surface area contributed by atoms with E-state index in [1.165, 1.54) is 0 Å². The largest absolute Gasteiger partial charge is 0.383 e. The van der Waals surface area contributed by atoms with Gasteiger partial charge < -0.3 is 16.0 Å². The van der Waals surface area contributed by atoms with Gasteiger partial charge in [-0.1, -0.05) is 18.2 Å². The first-order valence-corrected chi connectivity index (χ1v) is 8.10. The Labute approximate surface area is 152 Å². The first-order chi connectivity index (χ1) is 11.7. The molecule has 6 nitrogen and oxygen atoms in total. The van der Waals surface area contributed by atoms with Gasteiger partial charge in [0.25, 0.3) is 5.91 Å². The van der Waals surface area contributed by atoms with Crippen LogP contribution in [0.3, 0.4) is 0 Å². The minimum absolute atomic E-state index is 0. The Morgan fingerprint density at radius 2 is 1.84 bits per heavy atom. The van der Waals surface area contributed by atoms with Gasteiger partial charge in [0.2, 0.25) is 0 Å². The van der Waals surface area contributed by atoms with Gasteiger partial charge in [-0.15, -0.1) is 12.4 Å². The number of hydrogen-bond donors (Lipinski definition) is 2. The van der Waals surface area contributed by atoms with Crippen LogP contribution in [0.4, 0.5) is 5.69 Å². The lowest BCUT2D eigenvalue weighted by Crippen LogP contribution is -2.52. The number of amides is 1. The number of aliphatic imine (C=N–C) groups is 1. The Balaban J connectivity index is 0.00000182. The number of anilines is 1. The van der Waals surface area contributed by atoms with Gasteiger partial charge >= 0.3 is 0 Å². The number of nitrogens with two attached hydrogens (primary N) is 1. The molecule has 1 amide bonds. The van der Waals surface area contributed by atoms with E-state index in [0.29, 0.717) is 24.6 Å². The summed E-state index contributed by atoms with van der Waals surface area (Å²) in [6.45, 7) is 1.25. The highest BCUT2D eigenvalue weighted by molar-refractivity contribution is 6.04. The van der Waals surface area contributed by atoms with E-state index in [1.54, 1.807) is 12.3 Å². The van der Waals surface area contributed by atoms with Crippen molar-refractivity contribution in [1.29, 1.82) is 0 Å². The van der Waals surface area contributed by atoms with Gasteiger partial charge in [-0.25, -0.2) is 4.99 Å². The predicted octanol–water partition coefficient (Wildman–Crippen LogP) is 2.27. The molecule has 1 aromatic carbocycles. The molecule has 0 radical (unpaired) electrons. The Morgan fingerprint density at radius 3 is 2.56 bits per heavy atom. The summed E-state index contributed by atoms with van der Waals surface area (Å²) in [5, 5.41) is 3.52. The first-order valence-electron chi connectivity index (χ1n) is 8.10. The van der Waals surface area contributed by atoms with E-state index in [9.17, 15) is 4.79 Å². The van der Waals surface area contributed by atoms with E-state index in [-0.39, 0.29) is 18.3 Å². The van der Waals surface area contributed by atoms with Gasteiger partial charge in [-0.05, 0) is 24.3 Å². The van der Waals surface area contributed by atoms with E-state index in [2.05, 4.69) is 10.3 Å². The molecule has 3 N–H and O–H groups in total. The lowest BCUT2D eigenvalue weighted by molar-refractivity contribution is 0.0679. The highest BCUT2D eigenvalue weighted by Gasteiger charge is 2.38. The van der Waals surface area contributed by atoms with Crippen LogP contribution >= 0.6 is 12.4 Å². The molecule has 4 rings (SSSR count). The Morgan fingerprint density at radius 1 is 1.12 bits per heavy atom. The molecule has 2 aliphatic heterocycles. The molecule has 1 aromatic heterocycles. The molecule has 0 bridgehead atoms. The normalized spacial score (nSPS) is 17.8. The van der Waals surface area contributed by atoms with Crippen LogP contribution in [0, 0.1) is 0 Å². The molecule has 0 atom stereocenters. The SMILES string of the molecule is Cl.NC1=NC2(CCN(C(=O)c3ccccn3)CC2)Nc2ccccc21. The smallest absolute Gasteiger partial charge is 0.272 e. The Hall–Kier alpha value is -2.60. The fourth-order valence-corrected chi connectivity index (χ4v) is 3.35. The second-order valence-electron chi connectivity index (χ2n) is 6.21. The summed E-state index contributed by atoms with van der Waals surface area (Å²) in [7, 11) is 0. The topological polar surface area (TPSA) is 83.6 Å². The molecule has 0 aliphatic carbocycles. The molecule has 25 heavy (non-hydrogen) atoms. The second kappa shape index (κ2) is 6.72. The quantitative estimate of drug-likeness (QED) is 0.820. The Bertz CT molecular complexity index is 800. The first kappa shape index (κ1) is 17.2. The van der Waals surface area contributed by atoms with Crippen molar-refractivity contribution in [3.8, 4) is 0 Å². The molecule has 130 valence electrons. The number of amidine groups is 1. The van der Waals surface area contributed by atoms with Crippen LogP contribution in [-0.2, 0) is 0 Å². The maximum absolute atomic E-state index is 12.5. The number of benzene rings is 1. The van der Waals surface area contributed by atoms with E-state index in [1.807, 2.05) is 41.3 Å². The minimum Gasteiger partial charge on any atom is -0.383 e. The van der Waals surface area contributed by atoms with Gasteiger partial charge in [0.15, 0.2) is 0 Å². The highest BCUT2D eigenvalue weighted by Crippen LogP contribution is 2.34. The molecule has 1 fully saturated rings. The summed E-state index contributed by atoms with van der Waals surface area (Å²) in [6.07, 6.45) is 3.09. The van der Waals surface area contributed by atoms with Crippen LogP contribution in [0.5, 0.6) is 0 Å². The number of rotatable bonds is 1. The number of fused-ring (bicyclic) bond motifs is 1. The molecule has 0 unspecified atom stereocenters. The zero-order chi connectivity index (χ0) is 16.6. The van der Waals surface area contributed by atoms with E-state index in [4.69, 9.17) is 10.7 Å². The third-order valence-electron chi connectivity index (χ3n) is 4.67. The molecular weight excluding hydrogens is 338 g/mol. The molecule has 2 aromatic rings. The van der Waals surface area contributed by atoms with Crippen molar-refractivity contribution in [2.75, 3.05) is 18.4 Å². The van der Waals surface area contributed by atoms with Crippen molar-refractivity contribution in [1.82, 2.24) is 9.88 Å². The third kappa shape index (κ3) is 3.17. The number of carbonyl (C=O) groups excluding carboxylic acids is 1. The summed E-state index contributed by atoms with van der Waals surface area (Å²) in [4.78, 5) is 23.2. The van der Waals surface area contributed by atoms with E-state index < -0.39 is 5.66 Å². The zero-order valence-electron chi connectivity index (χ0n) is 13.7. The zero-order valence-corrected chi connectivity index (χ0v) is 14.5. The standard InChI is InChI=1S/C18H19N5O.ClH/c19-16-13-5-1-2-6-14(13)21-18(22-16)8-11-23(12-9-18)17(24)15-7-3-4-10-20-15;/h1-7,10,21H,8-9,11-12H2,(H2,19,22);1H. The van der Waals surface area contributed by atoms with Gasteiger partial charge in [0.05, 0.1) is 0 Å². The number of pyridine rings is 1. The molecule has 7 heteroatoms. The third-order valence-corrected chi connectivity index (χ3v) is 4.67. The van der Waals surface area contributed by atoms with E-state index >= 15 is 0 Å². The average molecular weight is 358 g/mol.